The molecule has 1 atom stereocenters. The zero-order chi connectivity index (χ0) is 13.7. The van der Waals surface area contributed by atoms with Crippen molar-refractivity contribution in [3.05, 3.63) is 29.3 Å². The standard InChI is InChI=1S/C14H17NO3/c1-9(2)10-5-6-13(17-3)11(7-10)12(8-15)14(16)18-4/h5-7,9,12H,1-4H3. The molecule has 96 valence electrons. The Labute approximate surface area is 107 Å². The molecule has 0 spiro atoms. The number of carbonyl (C=O) groups excluding carboxylic acids is 1. The van der Waals surface area contributed by atoms with Gasteiger partial charge in [-0.2, -0.15) is 5.26 Å². The molecule has 0 saturated carbocycles. The molecule has 0 radical (unpaired) electrons. The Morgan fingerprint density at radius 1 is 1.33 bits per heavy atom. The number of rotatable bonds is 4. The van der Waals surface area contributed by atoms with Crippen LogP contribution < -0.4 is 4.74 Å². The zero-order valence-electron chi connectivity index (χ0n) is 11.1. The number of hydrogen-bond acceptors (Lipinski definition) is 4. The molecule has 0 fully saturated rings. The van der Waals surface area contributed by atoms with Crippen LogP contribution in [0.3, 0.4) is 0 Å². The van der Waals surface area contributed by atoms with Crippen molar-refractivity contribution >= 4 is 5.97 Å². The third kappa shape index (κ3) is 2.80. The van der Waals surface area contributed by atoms with E-state index in [-0.39, 0.29) is 0 Å². The van der Waals surface area contributed by atoms with Crippen LogP contribution in [0, 0.1) is 11.3 Å². The lowest BCUT2D eigenvalue weighted by molar-refractivity contribution is -0.141. The summed E-state index contributed by atoms with van der Waals surface area (Å²) < 4.78 is 9.84. The van der Waals surface area contributed by atoms with Gasteiger partial charge >= 0.3 is 5.97 Å². The number of carbonyl (C=O) groups is 1. The van der Waals surface area contributed by atoms with Crippen molar-refractivity contribution in [2.45, 2.75) is 25.7 Å². The molecule has 0 aliphatic heterocycles. The van der Waals surface area contributed by atoms with Crippen molar-refractivity contribution in [2.75, 3.05) is 14.2 Å². The lowest BCUT2D eigenvalue weighted by Crippen LogP contribution is -2.14. The van der Waals surface area contributed by atoms with Gasteiger partial charge in [0.25, 0.3) is 0 Å². The van der Waals surface area contributed by atoms with Crippen LogP contribution in [0.5, 0.6) is 5.75 Å². The molecule has 0 saturated heterocycles. The Bertz CT molecular complexity index is 474. The van der Waals surface area contributed by atoms with Crippen LogP contribution in [-0.2, 0) is 9.53 Å². The van der Waals surface area contributed by atoms with Crippen molar-refractivity contribution in [3.63, 3.8) is 0 Å². The first-order valence-corrected chi connectivity index (χ1v) is 5.70. The fourth-order valence-electron chi connectivity index (χ4n) is 1.70. The maximum absolute atomic E-state index is 11.6. The molecule has 0 N–H and O–H groups in total. The van der Waals surface area contributed by atoms with E-state index in [4.69, 9.17) is 10.00 Å². The first-order chi connectivity index (χ1) is 8.54. The third-order valence-corrected chi connectivity index (χ3v) is 2.80. The average molecular weight is 247 g/mol. The van der Waals surface area contributed by atoms with Gasteiger partial charge in [0.2, 0.25) is 0 Å². The van der Waals surface area contributed by atoms with Crippen molar-refractivity contribution in [3.8, 4) is 11.8 Å². The van der Waals surface area contributed by atoms with Gasteiger partial charge in [0.1, 0.15) is 5.75 Å². The third-order valence-electron chi connectivity index (χ3n) is 2.80. The molecular formula is C14H17NO3. The van der Waals surface area contributed by atoms with Crippen LogP contribution in [0.2, 0.25) is 0 Å². The van der Waals surface area contributed by atoms with Gasteiger partial charge in [0.05, 0.1) is 20.3 Å². The minimum absolute atomic E-state index is 0.312. The molecule has 1 aromatic rings. The molecule has 0 amide bonds. The molecule has 1 unspecified atom stereocenters. The summed E-state index contributed by atoms with van der Waals surface area (Å²) in [5.74, 6) is -0.691. The summed E-state index contributed by atoms with van der Waals surface area (Å²) in [5, 5.41) is 9.12. The summed E-state index contributed by atoms with van der Waals surface area (Å²) in [6.07, 6.45) is 0. The summed E-state index contributed by atoms with van der Waals surface area (Å²) in [4.78, 5) is 11.6. The Hall–Kier alpha value is -2.02. The normalized spacial score (nSPS) is 11.8. The van der Waals surface area contributed by atoms with Gasteiger partial charge in [-0.3, -0.25) is 4.79 Å². The minimum atomic E-state index is -0.955. The van der Waals surface area contributed by atoms with E-state index >= 15 is 0 Å². The molecular weight excluding hydrogens is 230 g/mol. The Balaban J connectivity index is 3.30. The Kier molecular flexibility index (Phi) is 4.73. The maximum Gasteiger partial charge on any atom is 0.327 e. The first-order valence-electron chi connectivity index (χ1n) is 5.70. The van der Waals surface area contributed by atoms with Crippen molar-refractivity contribution < 1.29 is 14.3 Å². The number of esters is 1. The minimum Gasteiger partial charge on any atom is -0.496 e. The smallest absolute Gasteiger partial charge is 0.327 e. The number of nitriles is 1. The lowest BCUT2D eigenvalue weighted by Gasteiger charge is -2.15. The van der Waals surface area contributed by atoms with Crippen LogP contribution in [0.1, 0.15) is 36.8 Å². The molecule has 1 rings (SSSR count). The van der Waals surface area contributed by atoms with E-state index in [0.29, 0.717) is 17.2 Å². The second-order valence-electron chi connectivity index (χ2n) is 4.24. The van der Waals surface area contributed by atoms with Crippen molar-refractivity contribution in [2.24, 2.45) is 0 Å². The molecule has 0 aliphatic rings. The first kappa shape index (κ1) is 14.0. The highest BCUT2D eigenvalue weighted by atomic mass is 16.5. The van der Waals surface area contributed by atoms with E-state index in [1.807, 2.05) is 32.0 Å². The SMILES string of the molecule is COC(=O)C(C#N)c1cc(C(C)C)ccc1OC. The summed E-state index contributed by atoms with van der Waals surface area (Å²) >= 11 is 0. The van der Waals surface area contributed by atoms with Crippen molar-refractivity contribution in [1.82, 2.24) is 0 Å². The van der Waals surface area contributed by atoms with Crippen molar-refractivity contribution in [1.29, 1.82) is 5.26 Å². The highest BCUT2D eigenvalue weighted by molar-refractivity contribution is 5.82. The molecule has 18 heavy (non-hydrogen) atoms. The summed E-state index contributed by atoms with van der Waals surface area (Å²) in [6.45, 7) is 4.09. The highest BCUT2D eigenvalue weighted by Crippen LogP contribution is 2.30. The molecule has 0 bridgehead atoms. The average Bonchev–Trinajstić information content (AvgIpc) is 2.39. The van der Waals surface area contributed by atoms with E-state index in [0.717, 1.165) is 5.56 Å². The van der Waals surface area contributed by atoms with E-state index in [9.17, 15) is 4.79 Å². The number of hydrogen-bond donors (Lipinski definition) is 0. The van der Waals surface area contributed by atoms with E-state index in [1.165, 1.54) is 14.2 Å². The molecule has 4 heteroatoms. The van der Waals surface area contributed by atoms with Gasteiger partial charge in [0.15, 0.2) is 5.92 Å². The lowest BCUT2D eigenvalue weighted by atomic mass is 9.93. The molecule has 0 heterocycles. The summed E-state index contributed by atoms with van der Waals surface area (Å²) in [7, 11) is 2.78. The molecule has 0 aromatic heterocycles. The molecule has 4 nitrogen and oxygen atoms in total. The van der Waals surface area contributed by atoms with Crippen LogP contribution >= 0.6 is 0 Å². The second kappa shape index (κ2) is 6.06. The predicted molar refractivity (Wildman–Crippen MR) is 67.5 cm³/mol. The van der Waals surface area contributed by atoms with Crippen LogP contribution in [0.25, 0.3) is 0 Å². The fourth-order valence-corrected chi connectivity index (χ4v) is 1.70. The van der Waals surface area contributed by atoms with Crippen LogP contribution in [-0.4, -0.2) is 20.2 Å². The van der Waals surface area contributed by atoms with Crippen LogP contribution in [0.15, 0.2) is 18.2 Å². The van der Waals surface area contributed by atoms with Gasteiger partial charge in [-0.1, -0.05) is 19.9 Å². The molecule has 0 aliphatic carbocycles. The summed E-state index contributed by atoms with van der Waals surface area (Å²) in [6, 6.07) is 7.49. The summed E-state index contributed by atoms with van der Waals surface area (Å²) in [5.41, 5.74) is 1.60. The topological polar surface area (TPSA) is 59.3 Å². The quantitative estimate of drug-likeness (QED) is 0.767. The zero-order valence-corrected chi connectivity index (χ0v) is 11.1. The largest absolute Gasteiger partial charge is 0.496 e. The van der Waals surface area contributed by atoms with Gasteiger partial charge in [-0.15, -0.1) is 0 Å². The van der Waals surface area contributed by atoms with E-state index in [2.05, 4.69) is 4.74 Å². The van der Waals surface area contributed by atoms with Gasteiger partial charge in [0, 0.05) is 5.56 Å². The number of methoxy groups -OCH3 is 2. The number of ether oxygens (including phenoxy) is 2. The van der Waals surface area contributed by atoms with Gasteiger partial charge in [-0.25, -0.2) is 0 Å². The van der Waals surface area contributed by atoms with Gasteiger partial charge in [-0.05, 0) is 23.6 Å². The number of benzene rings is 1. The maximum atomic E-state index is 11.6. The van der Waals surface area contributed by atoms with E-state index < -0.39 is 11.9 Å². The Morgan fingerprint density at radius 2 is 2.00 bits per heavy atom. The molecule has 1 aromatic carbocycles. The van der Waals surface area contributed by atoms with Crippen LogP contribution in [0.4, 0.5) is 0 Å². The highest BCUT2D eigenvalue weighted by Gasteiger charge is 2.25. The van der Waals surface area contributed by atoms with E-state index in [1.54, 1.807) is 6.07 Å². The second-order valence-corrected chi connectivity index (χ2v) is 4.24. The number of nitrogens with zero attached hydrogens (tertiary/aromatic N) is 1. The predicted octanol–water partition coefficient (Wildman–Crippen LogP) is 2.60. The fraction of sp³-hybridized carbons (Fsp3) is 0.429. The monoisotopic (exact) mass is 247 g/mol. The van der Waals surface area contributed by atoms with Gasteiger partial charge < -0.3 is 9.47 Å². The Morgan fingerprint density at radius 3 is 2.44 bits per heavy atom.